The van der Waals surface area contributed by atoms with Crippen LogP contribution in [0.1, 0.15) is 20.8 Å². The minimum Gasteiger partial charge on any atom is -0.469 e. The molecule has 0 N–H and O–H groups in total. The predicted octanol–water partition coefficient (Wildman–Crippen LogP) is 1.85. The second-order valence-corrected chi connectivity index (χ2v) is 6.88. The largest absolute Gasteiger partial charge is 0.469 e. The van der Waals surface area contributed by atoms with Crippen LogP contribution < -0.4 is 9.61 Å². The molecule has 0 spiro atoms. The average molecular weight is 298 g/mol. The normalized spacial score (nSPS) is 11.7. The van der Waals surface area contributed by atoms with Gasteiger partial charge >= 0.3 is 11.5 Å². The Morgan fingerprint density at radius 1 is 1.29 bits per heavy atom. The Kier molecular flexibility index (Phi) is 5.75. The van der Waals surface area contributed by atoms with Gasteiger partial charge in [0, 0.05) is 0 Å². The van der Waals surface area contributed by atoms with Crippen molar-refractivity contribution in [3.63, 3.8) is 0 Å². The molecular formula is C8H15N2O4PS2. The number of aromatic nitrogens is 2. The molecule has 0 fully saturated rings. The van der Waals surface area contributed by atoms with Gasteiger partial charge in [0.25, 0.3) is 5.19 Å². The second-order valence-electron chi connectivity index (χ2n) is 2.76. The van der Waals surface area contributed by atoms with Crippen LogP contribution in [0.15, 0.2) is 4.79 Å². The van der Waals surface area contributed by atoms with Crippen molar-refractivity contribution in [2.24, 2.45) is 0 Å². The SMILES string of the molecule is CCOc1nn(P(=S)(OCC)OCC)c(=O)s1. The number of nitrogens with zero attached hydrogens (tertiary/aromatic N) is 2. The van der Waals surface area contributed by atoms with Gasteiger partial charge < -0.3 is 13.8 Å². The Balaban J connectivity index is 3.10. The fourth-order valence-corrected chi connectivity index (χ4v) is 4.60. The summed E-state index contributed by atoms with van der Waals surface area (Å²) in [6.45, 7) is 3.72. The van der Waals surface area contributed by atoms with Gasteiger partial charge in [0.15, 0.2) is 0 Å². The maximum atomic E-state index is 11.8. The van der Waals surface area contributed by atoms with Crippen LogP contribution in [0.4, 0.5) is 0 Å². The summed E-state index contributed by atoms with van der Waals surface area (Å²) in [7, 11) is 0. The lowest BCUT2D eigenvalue weighted by Crippen LogP contribution is -2.16. The van der Waals surface area contributed by atoms with Crippen LogP contribution in [0.5, 0.6) is 5.19 Å². The molecule has 0 saturated heterocycles. The molecule has 0 radical (unpaired) electrons. The molecule has 1 aromatic rings. The molecule has 1 rings (SSSR count). The molecule has 0 aromatic carbocycles. The first kappa shape index (κ1) is 14.8. The first-order valence-corrected chi connectivity index (χ1v) is 8.61. The Morgan fingerprint density at radius 2 is 1.88 bits per heavy atom. The smallest absolute Gasteiger partial charge is 0.336 e. The molecule has 98 valence electrons. The number of hydrogen-bond donors (Lipinski definition) is 0. The molecule has 0 unspecified atom stereocenters. The van der Waals surface area contributed by atoms with Gasteiger partial charge in [-0.2, -0.15) is 0 Å². The van der Waals surface area contributed by atoms with Crippen molar-refractivity contribution in [1.82, 2.24) is 9.55 Å². The van der Waals surface area contributed by atoms with Crippen molar-refractivity contribution < 1.29 is 13.8 Å². The summed E-state index contributed by atoms with van der Waals surface area (Å²) >= 11 is 6.16. The highest BCUT2D eigenvalue weighted by molar-refractivity contribution is 8.09. The summed E-state index contributed by atoms with van der Waals surface area (Å²) in [6, 6.07) is 0. The lowest BCUT2D eigenvalue weighted by Gasteiger charge is -2.18. The highest BCUT2D eigenvalue weighted by atomic mass is 32.5. The van der Waals surface area contributed by atoms with Crippen molar-refractivity contribution in [2.75, 3.05) is 19.8 Å². The Morgan fingerprint density at radius 3 is 2.35 bits per heavy atom. The summed E-state index contributed by atoms with van der Waals surface area (Å²) in [5.74, 6) is 0. The maximum absolute atomic E-state index is 11.8. The second kappa shape index (κ2) is 6.61. The van der Waals surface area contributed by atoms with Crippen LogP contribution in [0, 0.1) is 0 Å². The summed E-state index contributed by atoms with van der Waals surface area (Å²) in [6.07, 6.45) is 0. The summed E-state index contributed by atoms with van der Waals surface area (Å²) in [4.78, 5) is 11.4. The zero-order valence-electron chi connectivity index (χ0n) is 9.91. The van der Waals surface area contributed by atoms with Crippen molar-refractivity contribution >= 4 is 29.8 Å². The van der Waals surface area contributed by atoms with Crippen LogP contribution in [-0.4, -0.2) is 29.4 Å². The molecule has 0 amide bonds. The van der Waals surface area contributed by atoms with Crippen LogP contribution >= 0.6 is 18.0 Å². The highest BCUT2D eigenvalue weighted by Crippen LogP contribution is 2.48. The Hall–Kier alpha value is -0.270. The standard InChI is InChI=1S/C8H15N2O4PS2/c1-4-12-7-9-10(8(11)17-7)15(16,13-5-2)14-6-3/h4-6H2,1-3H3. The first-order chi connectivity index (χ1) is 8.07. The van der Waals surface area contributed by atoms with E-state index in [0.717, 1.165) is 15.8 Å². The average Bonchev–Trinajstić information content (AvgIpc) is 2.61. The van der Waals surface area contributed by atoms with E-state index in [9.17, 15) is 4.79 Å². The number of rotatable bonds is 7. The fourth-order valence-electron chi connectivity index (χ4n) is 1.06. The van der Waals surface area contributed by atoms with Crippen LogP contribution in [0.25, 0.3) is 0 Å². The monoisotopic (exact) mass is 298 g/mol. The zero-order valence-corrected chi connectivity index (χ0v) is 12.4. The summed E-state index contributed by atoms with van der Waals surface area (Å²) in [5.41, 5.74) is 0. The van der Waals surface area contributed by atoms with Crippen molar-refractivity contribution in [1.29, 1.82) is 0 Å². The van der Waals surface area contributed by atoms with Gasteiger partial charge in [0.1, 0.15) is 0 Å². The van der Waals surface area contributed by atoms with Crippen LogP contribution in [-0.2, 0) is 20.9 Å². The van der Waals surface area contributed by atoms with Crippen LogP contribution in [0.3, 0.4) is 0 Å². The summed E-state index contributed by atoms with van der Waals surface area (Å²) in [5, 5.41) is 4.29. The molecule has 0 saturated carbocycles. The molecule has 9 heteroatoms. The van der Waals surface area contributed by atoms with Gasteiger partial charge in [-0.3, -0.25) is 4.79 Å². The van der Waals surface area contributed by atoms with Crippen molar-refractivity contribution in [2.45, 2.75) is 20.8 Å². The minimum absolute atomic E-state index is 0.283. The molecule has 17 heavy (non-hydrogen) atoms. The molecule has 0 bridgehead atoms. The molecule has 1 heterocycles. The third-order valence-corrected chi connectivity index (χ3v) is 5.46. The molecule has 6 nitrogen and oxygen atoms in total. The Bertz CT molecular complexity index is 449. The van der Waals surface area contributed by atoms with Crippen molar-refractivity contribution in [3.8, 4) is 5.19 Å². The third-order valence-electron chi connectivity index (χ3n) is 1.60. The van der Waals surface area contributed by atoms with E-state index in [1.165, 1.54) is 0 Å². The fraction of sp³-hybridized carbons (Fsp3) is 0.750. The van der Waals surface area contributed by atoms with Crippen LogP contribution in [0.2, 0.25) is 0 Å². The molecule has 0 aliphatic rings. The van der Waals surface area contributed by atoms with Gasteiger partial charge in [0.2, 0.25) is 0 Å². The molecule has 0 atom stereocenters. The van der Waals surface area contributed by atoms with E-state index in [1.54, 1.807) is 13.8 Å². The minimum atomic E-state index is -2.86. The van der Waals surface area contributed by atoms with Gasteiger partial charge in [-0.1, -0.05) is 0 Å². The number of ether oxygens (including phenoxy) is 1. The maximum Gasteiger partial charge on any atom is 0.336 e. The molecule has 1 aromatic heterocycles. The van der Waals surface area contributed by atoms with Gasteiger partial charge in [0.05, 0.1) is 19.8 Å². The predicted molar refractivity (Wildman–Crippen MR) is 70.5 cm³/mol. The summed E-state index contributed by atoms with van der Waals surface area (Å²) < 4.78 is 17.0. The zero-order chi connectivity index (χ0) is 12.9. The van der Waals surface area contributed by atoms with Gasteiger partial charge in [-0.25, -0.2) is 0 Å². The quantitative estimate of drug-likeness (QED) is 0.716. The molecule has 0 aliphatic carbocycles. The Labute approximate surface area is 109 Å². The van der Waals surface area contributed by atoms with E-state index in [-0.39, 0.29) is 10.1 Å². The third kappa shape index (κ3) is 3.59. The molecule has 0 aliphatic heterocycles. The first-order valence-electron chi connectivity index (χ1n) is 5.20. The van der Waals surface area contributed by atoms with E-state index >= 15 is 0 Å². The lowest BCUT2D eigenvalue weighted by molar-refractivity contribution is 0.254. The lowest BCUT2D eigenvalue weighted by atomic mass is 10.9. The van der Waals surface area contributed by atoms with E-state index in [1.807, 2.05) is 6.92 Å². The van der Waals surface area contributed by atoms with Crippen molar-refractivity contribution in [3.05, 3.63) is 9.67 Å². The van der Waals surface area contributed by atoms with E-state index in [0.29, 0.717) is 19.8 Å². The molecular weight excluding hydrogens is 283 g/mol. The van der Waals surface area contributed by atoms with Gasteiger partial charge in [-0.05, 0) is 43.9 Å². The van der Waals surface area contributed by atoms with E-state index in [2.05, 4.69) is 5.10 Å². The number of hydrogen-bond acceptors (Lipinski definition) is 7. The van der Waals surface area contributed by atoms with E-state index < -0.39 is 6.64 Å². The highest BCUT2D eigenvalue weighted by Gasteiger charge is 2.26. The topological polar surface area (TPSA) is 62.6 Å². The van der Waals surface area contributed by atoms with Gasteiger partial charge in [-0.15, -0.1) is 9.55 Å². The van der Waals surface area contributed by atoms with E-state index in [4.69, 9.17) is 25.6 Å².